The van der Waals surface area contributed by atoms with Crippen LogP contribution in [0.25, 0.3) is 0 Å². The predicted molar refractivity (Wildman–Crippen MR) is 100 cm³/mol. The summed E-state index contributed by atoms with van der Waals surface area (Å²) in [6.07, 6.45) is -12.0. The molecular formula is C20H19ClF7NO2. The standard InChI is InChI=1S/C20H18F7NO2.ClH/c1-11(13-8-14(19(22,23)24)10-15(9-13)20(25,26)27)30-18-17(28-6-7-29-18)12-2-4-16(21)5-3-12;/h2-5,8-11,17-18,28H,6-7H2,1H3;1H/t11-,17+,18+;/m1./s1. The van der Waals surface area contributed by atoms with Crippen molar-refractivity contribution in [2.75, 3.05) is 13.2 Å². The van der Waals surface area contributed by atoms with Crippen molar-refractivity contribution in [2.45, 2.75) is 37.7 Å². The van der Waals surface area contributed by atoms with Crippen molar-refractivity contribution >= 4 is 12.4 Å². The van der Waals surface area contributed by atoms with Crippen molar-refractivity contribution in [3.63, 3.8) is 0 Å². The maximum absolute atomic E-state index is 13.2. The number of rotatable bonds is 4. The molecule has 1 fully saturated rings. The number of morpholine rings is 1. The fourth-order valence-electron chi connectivity index (χ4n) is 3.14. The van der Waals surface area contributed by atoms with Gasteiger partial charge in [0.2, 0.25) is 0 Å². The van der Waals surface area contributed by atoms with E-state index in [0.717, 1.165) is 0 Å². The molecule has 3 nitrogen and oxygen atoms in total. The summed E-state index contributed by atoms with van der Waals surface area (Å²) in [4.78, 5) is 0. The fraction of sp³-hybridized carbons (Fsp3) is 0.400. The predicted octanol–water partition coefficient (Wildman–Crippen LogP) is 6.05. The summed E-state index contributed by atoms with van der Waals surface area (Å²) in [5, 5.41) is 3.10. The fourth-order valence-corrected chi connectivity index (χ4v) is 3.14. The Morgan fingerprint density at radius 1 is 0.968 bits per heavy atom. The first-order chi connectivity index (χ1) is 13.9. The lowest BCUT2D eigenvalue weighted by Crippen LogP contribution is -2.43. The molecular weight excluding hydrogens is 455 g/mol. The van der Waals surface area contributed by atoms with Crippen LogP contribution in [0.4, 0.5) is 30.7 Å². The molecule has 0 radical (unpaired) electrons. The highest BCUT2D eigenvalue weighted by Crippen LogP contribution is 2.38. The van der Waals surface area contributed by atoms with Crippen molar-refractivity contribution in [3.8, 4) is 0 Å². The number of nitrogens with one attached hydrogen (secondary N) is 1. The van der Waals surface area contributed by atoms with Gasteiger partial charge in [-0.15, -0.1) is 12.4 Å². The normalized spacial score (nSPS) is 20.8. The van der Waals surface area contributed by atoms with Crippen molar-refractivity contribution < 1.29 is 40.2 Å². The van der Waals surface area contributed by atoms with Gasteiger partial charge < -0.3 is 14.8 Å². The first-order valence-corrected chi connectivity index (χ1v) is 9.00. The maximum atomic E-state index is 13.2. The maximum Gasteiger partial charge on any atom is 0.416 e. The van der Waals surface area contributed by atoms with Gasteiger partial charge in [-0.3, -0.25) is 0 Å². The molecule has 172 valence electrons. The second-order valence-corrected chi connectivity index (χ2v) is 6.84. The Morgan fingerprint density at radius 3 is 2.03 bits per heavy atom. The summed E-state index contributed by atoms with van der Waals surface area (Å²) in [7, 11) is 0. The quantitative estimate of drug-likeness (QED) is 0.548. The van der Waals surface area contributed by atoms with E-state index in [1.54, 1.807) is 0 Å². The molecule has 0 amide bonds. The number of hydrogen-bond donors (Lipinski definition) is 1. The highest BCUT2D eigenvalue weighted by molar-refractivity contribution is 5.85. The topological polar surface area (TPSA) is 30.5 Å². The molecule has 2 aromatic carbocycles. The van der Waals surface area contributed by atoms with Gasteiger partial charge in [-0.05, 0) is 48.4 Å². The third-order valence-electron chi connectivity index (χ3n) is 4.67. The molecule has 3 atom stereocenters. The molecule has 1 saturated heterocycles. The molecule has 0 bridgehead atoms. The summed E-state index contributed by atoms with van der Waals surface area (Å²) < 4.78 is 103. The number of alkyl halides is 6. The smallest absolute Gasteiger partial charge is 0.349 e. The average molecular weight is 474 g/mol. The Bertz CT molecular complexity index is 839. The number of benzene rings is 2. The van der Waals surface area contributed by atoms with Gasteiger partial charge in [0.25, 0.3) is 0 Å². The molecule has 11 heteroatoms. The van der Waals surface area contributed by atoms with Crippen LogP contribution in [0.5, 0.6) is 0 Å². The van der Waals surface area contributed by atoms with E-state index in [4.69, 9.17) is 9.47 Å². The van der Waals surface area contributed by atoms with E-state index in [2.05, 4.69) is 5.32 Å². The first kappa shape index (κ1) is 25.4. The Balaban J connectivity index is 0.00000341. The van der Waals surface area contributed by atoms with Crippen LogP contribution in [0, 0.1) is 5.82 Å². The van der Waals surface area contributed by atoms with E-state index in [1.165, 1.54) is 31.2 Å². The van der Waals surface area contributed by atoms with Crippen LogP contribution in [-0.4, -0.2) is 19.4 Å². The Morgan fingerprint density at radius 2 is 1.52 bits per heavy atom. The van der Waals surface area contributed by atoms with E-state index in [1.807, 2.05) is 0 Å². The largest absolute Gasteiger partial charge is 0.416 e. The van der Waals surface area contributed by atoms with Crippen LogP contribution >= 0.6 is 12.4 Å². The lowest BCUT2D eigenvalue weighted by atomic mass is 10.0. The third kappa shape index (κ3) is 6.31. The van der Waals surface area contributed by atoms with Gasteiger partial charge in [0, 0.05) is 6.54 Å². The molecule has 0 aliphatic carbocycles. The van der Waals surface area contributed by atoms with Gasteiger partial charge in [-0.1, -0.05) is 12.1 Å². The second-order valence-electron chi connectivity index (χ2n) is 6.84. The van der Waals surface area contributed by atoms with Crippen LogP contribution in [0.3, 0.4) is 0 Å². The summed E-state index contributed by atoms with van der Waals surface area (Å²) in [5.74, 6) is -0.454. The molecule has 1 N–H and O–H groups in total. The van der Waals surface area contributed by atoms with E-state index < -0.39 is 47.7 Å². The monoisotopic (exact) mass is 473 g/mol. The SMILES string of the molecule is C[C@@H](O[C@@H]1OCCN[C@H]1c1ccc(F)cc1)c1cc(C(F)(F)F)cc(C(F)(F)F)c1.Cl. The molecule has 31 heavy (non-hydrogen) atoms. The van der Waals surface area contributed by atoms with E-state index in [0.29, 0.717) is 24.2 Å². The van der Waals surface area contributed by atoms with Gasteiger partial charge in [0.05, 0.1) is 29.9 Å². The summed E-state index contributed by atoms with van der Waals surface area (Å²) >= 11 is 0. The van der Waals surface area contributed by atoms with Crippen molar-refractivity contribution in [3.05, 3.63) is 70.5 Å². The minimum Gasteiger partial charge on any atom is -0.349 e. The number of halogens is 8. The van der Waals surface area contributed by atoms with Crippen LogP contribution < -0.4 is 5.32 Å². The molecule has 0 saturated carbocycles. The van der Waals surface area contributed by atoms with Gasteiger partial charge in [0.1, 0.15) is 5.82 Å². The van der Waals surface area contributed by atoms with E-state index >= 15 is 0 Å². The van der Waals surface area contributed by atoms with Gasteiger partial charge in [0.15, 0.2) is 6.29 Å². The highest BCUT2D eigenvalue weighted by atomic mass is 35.5. The third-order valence-corrected chi connectivity index (χ3v) is 4.67. The molecule has 0 spiro atoms. The van der Waals surface area contributed by atoms with Crippen molar-refractivity contribution in [1.29, 1.82) is 0 Å². The van der Waals surface area contributed by atoms with Crippen LogP contribution in [0.15, 0.2) is 42.5 Å². The average Bonchev–Trinajstić information content (AvgIpc) is 2.67. The minimum absolute atomic E-state index is 0. The van der Waals surface area contributed by atoms with Crippen molar-refractivity contribution in [2.24, 2.45) is 0 Å². The first-order valence-electron chi connectivity index (χ1n) is 9.00. The van der Waals surface area contributed by atoms with Gasteiger partial charge >= 0.3 is 12.4 Å². The molecule has 1 aliphatic heterocycles. The lowest BCUT2D eigenvalue weighted by Gasteiger charge is -2.34. The van der Waals surface area contributed by atoms with Crippen LogP contribution in [0.2, 0.25) is 0 Å². The second kappa shape index (κ2) is 9.72. The summed E-state index contributed by atoms with van der Waals surface area (Å²) in [5.41, 5.74) is -2.52. The van der Waals surface area contributed by atoms with E-state index in [9.17, 15) is 30.7 Å². The zero-order chi connectivity index (χ0) is 22.1. The Hall–Kier alpha value is -1.88. The Kier molecular flexibility index (Phi) is 7.96. The molecule has 3 rings (SSSR count). The molecule has 0 unspecified atom stereocenters. The summed E-state index contributed by atoms with van der Waals surface area (Å²) in [6.45, 7) is 2.01. The number of ether oxygens (including phenoxy) is 2. The van der Waals surface area contributed by atoms with E-state index in [-0.39, 0.29) is 30.6 Å². The number of hydrogen-bond acceptors (Lipinski definition) is 3. The van der Waals surface area contributed by atoms with Gasteiger partial charge in [-0.2, -0.15) is 26.3 Å². The lowest BCUT2D eigenvalue weighted by molar-refractivity contribution is -0.200. The zero-order valence-electron chi connectivity index (χ0n) is 16.1. The van der Waals surface area contributed by atoms with Crippen molar-refractivity contribution in [1.82, 2.24) is 5.32 Å². The summed E-state index contributed by atoms with van der Waals surface area (Å²) in [6, 6.07) is 6.20. The zero-order valence-corrected chi connectivity index (χ0v) is 16.9. The molecule has 1 aliphatic rings. The minimum atomic E-state index is -4.95. The molecule has 2 aromatic rings. The van der Waals surface area contributed by atoms with Crippen LogP contribution in [0.1, 0.15) is 41.3 Å². The Labute approximate surface area is 179 Å². The molecule has 0 aromatic heterocycles. The highest BCUT2D eigenvalue weighted by Gasteiger charge is 2.38. The van der Waals surface area contributed by atoms with Crippen LogP contribution in [-0.2, 0) is 21.8 Å². The molecule has 1 heterocycles. The van der Waals surface area contributed by atoms with Gasteiger partial charge in [-0.25, -0.2) is 4.39 Å².